The number of hydrogen-bond acceptors (Lipinski definition) is 5. The predicted octanol–water partition coefficient (Wildman–Crippen LogP) is 6.16. The fraction of sp³-hybridized carbons (Fsp3) is 0.120. The lowest BCUT2D eigenvalue weighted by atomic mass is 10.1. The molecule has 4 nitrogen and oxygen atoms in total. The molecular weight excluding hydrogens is 422 g/mol. The van der Waals surface area contributed by atoms with Crippen LogP contribution in [0.15, 0.2) is 101 Å². The van der Waals surface area contributed by atoms with Gasteiger partial charge in [-0.15, -0.1) is 0 Å². The topological polar surface area (TPSA) is 38.1 Å². The van der Waals surface area contributed by atoms with Gasteiger partial charge in [0, 0.05) is 11.9 Å². The summed E-state index contributed by atoms with van der Waals surface area (Å²) in [5.74, 6) is 0.845. The maximum absolute atomic E-state index is 13.6. The first-order valence-electron chi connectivity index (χ1n) is 10.1. The van der Waals surface area contributed by atoms with Gasteiger partial charge >= 0.3 is 0 Å². The Morgan fingerprint density at radius 1 is 0.903 bits per heavy atom. The molecule has 1 atom stereocenters. The van der Waals surface area contributed by atoms with Crippen molar-refractivity contribution in [3.63, 3.8) is 0 Å². The van der Waals surface area contributed by atoms with Crippen molar-refractivity contribution in [1.29, 1.82) is 0 Å². The lowest BCUT2D eigenvalue weighted by Crippen LogP contribution is -2.28. The smallest absolute Gasteiger partial charge is 0.202 e. The first-order valence-corrected chi connectivity index (χ1v) is 11.7. The summed E-state index contributed by atoms with van der Waals surface area (Å²) in [6.07, 6.45) is 0. The second-order valence-corrected chi connectivity index (χ2v) is 9.49. The normalized spacial score (nSPS) is 15.7. The van der Waals surface area contributed by atoms with E-state index in [0.29, 0.717) is 12.2 Å². The molecule has 4 aromatic rings. The zero-order chi connectivity index (χ0) is 21.2. The molecule has 1 unspecified atom stereocenters. The molecule has 0 radical (unpaired) electrons. The van der Waals surface area contributed by atoms with Crippen LogP contribution in [0.2, 0.25) is 0 Å². The third kappa shape index (κ3) is 4.01. The minimum absolute atomic E-state index is 0.102. The SMILES string of the molecule is Cn1c(Sc2ccccc2)nc2c1C(=O)C(c1ccccc1)SN2Cc1ccccc1. The Bertz CT molecular complexity index is 1190. The van der Waals surface area contributed by atoms with Gasteiger partial charge in [-0.3, -0.25) is 9.10 Å². The number of rotatable bonds is 5. The molecule has 0 saturated heterocycles. The first kappa shape index (κ1) is 20.0. The first-order chi connectivity index (χ1) is 15.2. The van der Waals surface area contributed by atoms with E-state index in [2.05, 4.69) is 28.6 Å². The van der Waals surface area contributed by atoms with Gasteiger partial charge in [-0.25, -0.2) is 4.98 Å². The number of carbonyl (C=O) groups excluding carboxylic acids is 1. The molecule has 0 spiro atoms. The van der Waals surface area contributed by atoms with Crippen molar-refractivity contribution in [1.82, 2.24) is 9.55 Å². The largest absolute Gasteiger partial charge is 0.317 e. The number of fused-ring (bicyclic) bond motifs is 1. The molecule has 1 aliphatic rings. The van der Waals surface area contributed by atoms with E-state index in [0.717, 1.165) is 21.4 Å². The van der Waals surface area contributed by atoms with Crippen LogP contribution in [0.25, 0.3) is 0 Å². The van der Waals surface area contributed by atoms with Crippen molar-refractivity contribution in [2.45, 2.75) is 21.8 Å². The van der Waals surface area contributed by atoms with Crippen molar-refractivity contribution in [3.05, 3.63) is 108 Å². The zero-order valence-electron chi connectivity index (χ0n) is 17.0. The lowest BCUT2D eigenvalue weighted by molar-refractivity contribution is 0.0980. The van der Waals surface area contributed by atoms with Crippen molar-refractivity contribution < 1.29 is 4.79 Å². The van der Waals surface area contributed by atoms with Crippen LogP contribution < -0.4 is 4.31 Å². The van der Waals surface area contributed by atoms with Crippen molar-refractivity contribution in [2.24, 2.45) is 7.05 Å². The van der Waals surface area contributed by atoms with Gasteiger partial charge in [0.05, 0.1) is 6.54 Å². The van der Waals surface area contributed by atoms with Gasteiger partial charge in [0.2, 0.25) is 5.78 Å². The van der Waals surface area contributed by atoms with Gasteiger partial charge in [-0.2, -0.15) is 0 Å². The van der Waals surface area contributed by atoms with E-state index >= 15 is 0 Å². The molecule has 0 aliphatic carbocycles. The molecule has 0 fully saturated rings. The summed E-state index contributed by atoms with van der Waals surface area (Å²) in [6.45, 7) is 0.682. The fourth-order valence-electron chi connectivity index (χ4n) is 3.65. The Hall–Kier alpha value is -2.96. The predicted molar refractivity (Wildman–Crippen MR) is 128 cm³/mol. The third-order valence-corrected chi connectivity index (χ3v) is 7.51. The van der Waals surface area contributed by atoms with Gasteiger partial charge in [-0.1, -0.05) is 90.6 Å². The molecule has 0 bridgehead atoms. The van der Waals surface area contributed by atoms with Crippen LogP contribution in [-0.4, -0.2) is 15.3 Å². The van der Waals surface area contributed by atoms with Crippen molar-refractivity contribution in [3.8, 4) is 0 Å². The highest BCUT2D eigenvalue weighted by Gasteiger charge is 2.38. The van der Waals surface area contributed by atoms with Crippen molar-refractivity contribution in [2.75, 3.05) is 4.31 Å². The molecule has 3 aromatic carbocycles. The number of nitrogens with zero attached hydrogens (tertiary/aromatic N) is 3. The van der Waals surface area contributed by atoms with E-state index in [1.807, 2.05) is 78.3 Å². The number of hydrogen-bond donors (Lipinski definition) is 0. The van der Waals surface area contributed by atoms with E-state index < -0.39 is 0 Å². The third-order valence-electron chi connectivity index (χ3n) is 5.20. The summed E-state index contributed by atoms with van der Waals surface area (Å²) < 4.78 is 4.11. The summed E-state index contributed by atoms with van der Waals surface area (Å²) >= 11 is 3.14. The van der Waals surface area contributed by atoms with Crippen LogP contribution in [0.1, 0.15) is 26.9 Å². The quantitative estimate of drug-likeness (QED) is 0.345. The summed E-state index contributed by atoms with van der Waals surface area (Å²) in [4.78, 5) is 19.6. The Morgan fingerprint density at radius 2 is 1.52 bits per heavy atom. The Kier molecular flexibility index (Phi) is 5.57. The Balaban J connectivity index is 1.57. The van der Waals surface area contributed by atoms with Crippen LogP contribution in [0, 0.1) is 0 Å². The second kappa shape index (κ2) is 8.65. The zero-order valence-corrected chi connectivity index (χ0v) is 18.6. The maximum atomic E-state index is 13.6. The monoisotopic (exact) mass is 443 g/mol. The van der Waals surface area contributed by atoms with Crippen LogP contribution in [0.4, 0.5) is 5.82 Å². The lowest BCUT2D eigenvalue weighted by Gasteiger charge is -2.31. The van der Waals surface area contributed by atoms with E-state index in [-0.39, 0.29) is 11.0 Å². The highest BCUT2D eigenvalue weighted by atomic mass is 32.2. The summed E-state index contributed by atoms with van der Waals surface area (Å²) in [7, 11) is 1.94. The number of benzene rings is 3. The number of carbonyl (C=O) groups is 1. The fourth-order valence-corrected chi connectivity index (χ4v) is 5.71. The van der Waals surface area contributed by atoms with Crippen LogP contribution >= 0.6 is 23.7 Å². The van der Waals surface area contributed by atoms with Gasteiger partial charge < -0.3 is 4.57 Å². The maximum Gasteiger partial charge on any atom is 0.202 e. The Labute approximate surface area is 190 Å². The van der Waals surface area contributed by atoms with E-state index in [1.54, 1.807) is 23.7 Å². The molecule has 2 heterocycles. The summed E-state index contributed by atoms with van der Waals surface area (Å²) in [6, 6.07) is 30.5. The molecule has 1 aromatic heterocycles. The van der Waals surface area contributed by atoms with Gasteiger partial charge in [0.25, 0.3) is 0 Å². The minimum Gasteiger partial charge on any atom is -0.317 e. The summed E-state index contributed by atoms with van der Waals surface area (Å²) in [5, 5.41) is 0.527. The standard InChI is InChI=1S/C25H21N3OS2/c1-27-21-22(29)23(19-13-7-3-8-14-19)31-28(17-18-11-5-2-6-12-18)24(21)26-25(27)30-20-15-9-4-10-16-20/h2-16,23H,17H2,1H3. The van der Waals surface area contributed by atoms with Crippen LogP contribution in [-0.2, 0) is 13.6 Å². The highest BCUT2D eigenvalue weighted by molar-refractivity contribution is 8.01. The molecule has 1 aliphatic heterocycles. The molecule has 6 heteroatoms. The van der Waals surface area contributed by atoms with Crippen molar-refractivity contribution >= 4 is 35.3 Å². The van der Waals surface area contributed by atoms with E-state index in [9.17, 15) is 4.79 Å². The van der Waals surface area contributed by atoms with Gasteiger partial charge in [-0.05, 0) is 35.2 Å². The average molecular weight is 444 g/mol. The van der Waals surface area contributed by atoms with Crippen LogP contribution in [0.5, 0.6) is 0 Å². The van der Waals surface area contributed by atoms with Crippen LogP contribution in [0.3, 0.4) is 0 Å². The molecular formula is C25H21N3OS2. The molecule has 0 saturated carbocycles. The number of ketones is 1. The summed E-state index contributed by atoms with van der Waals surface area (Å²) in [5.41, 5.74) is 2.87. The van der Waals surface area contributed by atoms with Gasteiger partial charge in [0.15, 0.2) is 11.0 Å². The molecule has 0 N–H and O–H groups in total. The number of Topliss-reactive ketones (excluding diaryl/α,β-unsaturated/α-hetero) is 1. The number of aromatic nitrogens is 2. The van der Waals surface area contributed by atoms with E-state index in [1.165, 1.54) is 5.56 Å². The van der Waals surface area contributed by atoms with E-state index in [4.69, 9.17) is 4.98 Å². The number of anilines is 1. The second-order valence-electron chi connectivity index (χ2n) is 7.32. The number of imidazole rings is 1. The highest BCUT2D eigenvalue weighted by Crippen LogP contribution is 2.46. The molecule has 0 amide bonds. The van der Waals surface area contributed by atoms with Gasteiger partial charge in [0.1, 0.15) is 10.9 Å². The molecule has 31 heavy (non-hydrogen) atoms. The molecule has 5 rings (SSSR count). The average Bonchev–Trinajstić information content (AvgIpc) is 3.14. The molecule has 154 valence electrons. The Morgan fingerprint density at radius 3 is 2.19 bits per heavy atom. The minimum atomic E-state index is -0.289.